The Kier molecular flexibility index (Phi) is 5.98. The summed E-state index contributed by atoms with van der Waals surface area (Å²) in [5, 5.41) is 23.4. The Bertz CT molecular complexity index is 502. The minimum Gasteiger partial charge on any atom is -0.492 e. The number of anilines is 1. The van der Waals surface area contributed by atoms with Crippen LogP contribution in [0.25, 0.3) is 0 Å². The maximum atomic E-state index is 11.8. The quantitative estimate of drug-likeness (QED) is 0.609. The van der Waals surface area contributed by atoms with E-state index in [1.54, 1.807) is 24.3 Å². The molecular formula is C14H20N2O5. The van der Waals surface area contributed by atoms with Gasteiger partial charge in [-0.1, -0.05) is 12.1 Å². The van der Waals surface area contributed by atoms with Gasteiger partial charge in [0.15, 0.2) is 0 Å². The molecule has 0 fully saturated rings. The molecule has 1 unspecified atom stereocenters. The van der Waals surface area contributed by atoms with E-state index in [4.69, 9.17) is 9.84 Å². The zero-order valence-corrected chi connectivity index (χ0v) is 12.0. The first-order chi connectivity index (χ1) is 9.84. The zero-order valence-electron chi connectivity index (χ0n) is 12.0. The van der Waals surface area contributed by atoms with Gasteiger partial charge in [-0.2, -0.15) is 0 Å². The van der Waals surface area contributed by atoms with Crippen molar-refractivity contribution in [3.05, 3.63) is 24.3 Å². The number of aliphatic carboxylic acids is 1. The van der Waals surface area contributed by atoms with Gasteiger partial charge in [0.2, 0.25) is 0 Å². The Morgan fingerprint density at radius 3 is 2.62 bits per heavy atom. The van der Waals surface area contributed by atoms with Crippen molar-refractivity contribution in [3.8, 4) is 5.75 Å². The molecule has 7 heteroatoms. The number of hydrogen-bond donors (Lipinski definition) is 4. The SMILES string of the molecule is CCOc1ccccc1NC(=O)NCC(C)(O)CC(=O)O. The van der Waals surface area contributed by atoms with E-state index in [9.17, 15) is 14.7 Å². The van der Waals surface area contributed by atoms with Crippen molar-refractivity contribution < 1.29 is 24.5 Å². The molecule has 0 saturated heterocycles. The van der Waals surface area contributed by atoms with E-state index in [1.165, 1.54) is 6.92 Å². The summed E-state index contributed by atoms with van der Waals surface area (Å²) in [5.41, 5.74) is -1.02. The molecular weight excluding hydrogens is 276 g/mol. The van der Waals surface area contributed by atoms with E-state index in [2.05, 4.69) is 10.6 Å². The van der Waals surface area contributed by atoms with Crippen LogP contribution in [-0.4, -0.2) is 41.0 Å². The lowest BCUT2D eigenvalue weighted by Gasteiger charge is -2.21. The van der Waals surface area contributed by atoms with Gasteiger partial charge in [-0.15, -0.1) is 0 Å². The molecule has 0 aromatic heterocycles. The molecule has 21 heavy (non-hydrogen) atoms. The normalized spacial score (nSPS) is 13.1. The number of nitrogens with one attached hydrogen (secondary N) is 2. The molecule has 0 heterocycles. The highest BCUT2D eigenvalue weighted by molar-refractivity contribution is 5.90. The van der Waals surface area contributed by atoms with Crippen molar-refractivity contribution in [1.29, 1.82) is 0 Å². The summed E-state index contributed by atoms with van der Waals surface area (Å²) in [6, 6.07) is 6.39. The van der Waals surface area contributed by atoms with Gasteiger partial charge in [0.05, 0.1) is 24.3 Å². The van der Waals surface area contributed by atoms with Gasteiger partial charge in [-0.25, -0.2) is 4.79 Å². The molecule has 1 rings (SSSR count). The van der Waals surface area contributed by atoms with Crippen molar-refractivity contribution >= 4 is 17.7 Å². The largest absolute Gasteiger partial charge is 0.492 e. The number of para-hydroxylation sites is 2. The molecule has 0 spiro atoms. The fourth-order valence-electron chi connectivity index (χ4n) is 1.68. The van der Waals surface area contributed by atoms with Crippen LogP contribution < -0.4 is 15.4 Å². The van der Waals surface area contributed by atoms with Gasteiger partial charge >= 0.3 is 12.0 Å². The molecule has 4 N–H and O–H groups in total. The Morgan fingerprint density at radius 1 is 1.33 bits per heavy atom. The minimum atomic E-state index is -1.51. The third-order valence-corrected chi connectivity index (χ3v) is 2.60. The van der Waals surface area contributed by atoms with E-state index in [-0.39, 0.29) is 6.54 Å². The van der Waals surface area contributed by atoms with E-state index < -0.39 is 24.0 Å². The van der Waals surface area contributed by atoms with Gasteiger partial charge in [0.1, 0.15) is 5.75 Å². The lowest BCUT2D eigenvalue weighted by atomic mass is 10.0. The molecule has 2 amide bonds. The number of carboxylic acids is 1. The molecule has 0 radical (unpaired) electrons. The van der Waals surface area contributed by atoms with Crippen LogP contribution in [0.1, 0.15) is 20.3 Å². The van der Waals surface area contributed by atoms with Crippen LogP contribution in [0.2, 0.25) is 0 Å². The second kappa shape index (κ2) is 7.49. The van der Waals surface area contributed by atoms with Crippen molar-refractivity contribution in [2.24, 2.45) is 0 Å². The maximum absolute atomic E-state index is 11.8. The highest BCUT2D eigenvalue weighted by Crippen LogP contribution is 2.23. The van der Waals surface area contributed by atoms with Crippen molar-refractivity contribution in [1.82, 2.24) is 5.32 Å². The number of rotatable bonds is 7. The van der Waals surface area contributed by atoms with E-state index >= 15 is 0 Å². The lowest BCUT2D eigenvalue weighted by Crippen LogP contribution is -2.43. The van der Waals surface area contributed by atoms with Crippen molar-refractivity contribution in [3.63, 3.8) is 0 Å². The van der Waals surface area contributed by atoms with E-state index in [0.717, 1.165) is 0 Å². The number of amides is 2. The zero-order chi connectivity index (χ0) is 15.9. The summed E-state index contributed by atoms with van der Waals surface area (Å²) in [6.07, 6.45) is -0.456. The smallest absolute Gasteiger partial charge is 0.319 e. The summed E-state index contributed by atoms with van der Waals surface area (Å²) < 4.78 is 5.37. The third-order valence-electron chi connectivity index (χ3n) is 2.60. The third kappa shape index (κ3) is 6.13. The van der Waals surface area contributed by atoms with Crippen LogP contribution in [0, 0.1) is 0 Å². The van der Waals surface area contributed by atoms with Crippen LogP contribution in [0.5, 0.6) is 5.75 Å². The number of urea groups is 1. The van der Waals surface area contributed by atoms with Crippen LogP contribution in [0.4, 0.5) is 10.5 Å². The number of carbonyl (C=O) groups excluding carboxylic acids is 1. The van der Waals surface area contributed by atoms with Crippen LogP contribution in [0.15, 0.2) is 24.3 Å². The average molecular weight is 296 g/mol. The molecule has 0 saturated carbocycles. The van der Waals surface area contributed by atoms with Gasteiger partial charge in [-0.05, 0) is 26.0 Å². The molecule has 116 valence electrons. The number of carboxylic acid groups (broad SMARTS) is 1. The molecule has 0 aliphatic heterocycles. The van der Waals surface area contributed by atoms with Crippen LogP contribution in [-0.2, 0) is 4.79 Å². The number of hydrogen-bond acceptors (Lipinski definition) is 4. The first-order valence-electron chi connectivity index (χ1n) is 6.55. The number of carbonyl (C=O) groups is 2. The van der Waals surface area contributed by atoms with Crippen LogP contribution in [0.3, 0.4) is 0 Å². The Labute approximate surface area is 122 Å². The second-order valence-electron chi connectivity index (χ2n) is 4.80. The molecule has 1 aromatic rings. The van der Waals surface area contributed by atoms with Crippen molar-refractivity contribution in [2.45, 2.75) is 25.9 Å². The van der Waals surface area contributed by atoms with Crippen LogP contribution >= 0.6 is 0 Å². The monoisotopic (exact) mass is 296 g/mol. The predicted octanol–water partition coefficient (Wildman–Crippen LogP) is 1.43. The summed E-state index contributed by atoms with van der Waals surface area (Å²) >= 11 is 0. The molecule has 0 bridgehead atoms. The first kappa shape index (κ1) is 16.8. The number of aliphatic hydroxyl groups is 1. The average Bonchev–Trinajstić information content (AvgIpc) is 2.38. The summed E-state index contributed by atoms with van der Waals surface area (Å²) in [6.45, 7) is 3.46. The second-order valence-corrected chi connectivity index (χ2v) is 4.80. The predicted molar refractivity (Wildman–Crippen MR) is 77.5 cm³/mol. The maximum Gasteiger partial charge on any atom is 0.319 e. The standard InChI is InChI=1S/C14H20N2O5/c1-3-21-11-7-5-4-6-10(11)16-13(19)15-9-14(2,20)8-12(17)18/h4-7,20H,3,8-9H2,1-2H3,(H,17,18)(H2,15,16,19). The fourth-order valence-corrected chi connectivity index (χ4v) is 1.68. The topological polar surface area (TPSA) is 108 Å². The molecule has 0 aliphatic carbocycles. The van der Waals surface area contributed by atoms with E-state index in [1.807, 2.05) is 6.92 Å². The van der Waals surface area contributed by atoms with Crippen molar-refractivity contribution in [2.75, 3.05) is 18.5 Å². The van der Waals surface area contributed by atoms with Gasteiger partial charge in [0.25, 0.3) is 0 Å². The number of benzene rings is 1. The first-order valence-corrected chi connectivity index (χ1v) is 6.55. The Hall–Kier alpha value is -2.28. The Balaban J connectivity index is 2.56. The van der Waals surface area contributed by atoms with Gasteiger partial charge in [0, 0.05) is 6.54 Å². The molecule has 7 nitrogen and oxygen atoms in total. The number of ether oxygens (including phenoxy) is 1. The van der Waals surface area contributed by atoms with Gasteiger partial charge < -0.3 is 25.6 Å². The highest BCUT2D eigenvalue weighted by Gasteiger charge is 2.24. The molecule has 1 aromatic carbocycles. The lowest BCUT2D eigenvalue weighted by molar-refractivity contribution is -0.141. The molecule has 0 aliphatic rings. The minimum absolute atomic E-state index is 0.179. The van der Waals surface area contributed by atoms with Gasteiger partial charge in [-0.3, -0.25) is 4.79 Å². The molecule has 1 atom stereocenters. The van der Waals surface area contributed by atoms with E-state index in [0.29, 0.717) is 18.0 Å². The Morgan fingerprint density at radius 2 is 2.00 bits per heavy atom. The summed E-state index contributed by atoms with van der Waals surface area (Å²) in [4.78, 5) is 22.3. The fraction of sp³-hybridized carbons (Fsp3) is 0.429. The summed E-state index contributed by atoms with van der Waals surface area (Å²) in [5.74, 6) is -0.601. The summed E-state index contributed by atoms with van der Waals surface area (Å²) in [7, 11) is 0. The highest BCUT2D eigenvalue weighted by atomic mass is 16.5.